The first-order chi connectivity index (χ1) is 64.4. The van der Waals surface area contributed by atoms with Gasteiger partial charge in [-0.05, 0) is 353 Å². The first kappa shape index (κ1) is 92.6. The Balaban J connectivity index is 0.000000108. The van der Waals surface area contributed by atoms with Gasteiger partial charge in [0.1, 0.15) is 76.3 Å². The average molecular weight is 1910 g/mol. The second-order valence-electron chi connectivity index (χ2n) is 46.3. The van der Waals surface area contributed by atoms with Crippen LogP contribution >= 0.6 is 11.8 Å². The number of carboxylic acid groups (broad SMARTS) is 4. The third-order valence-electron chi connectivity index (χ3n) is 35.5. The molecule has 135 heavy (non-hydrogen) atoms. The number of alkyl halides is 2. The van der Waals surface area contributed by atoms with Gasteiger partial charge in [-0.2, -0.15) is 5.26 Å². The van der Waals surface area contributed by atoms with Crippen LogP contribution in [0.2, 0.25) is 0 Å². The molecule has 24 fully saturated rings. The molecule has 0 spiro atoms. The van der Waals surface area contributed by atoms with Gasteiger partial charge in [0.15, 0.2) is 9.84 Å². The Labute approximate surface area is 787 Å². The molecule has 24 aliphatic rings. The van der Waals surface area contributed by atoms with E-state index >= 15 is 17.6 Å². The predicted octanol–water partition coefficient (Wildman–Crippen LogP) is 18.8. The zero-order valence-electron chi connectivity index (χ0n) is 76.6. The number of carbonyl (C=O) groups excluding carboxylic acids is 4. The number of nitrogens with zero attached hydrogens (tertiary/aromatic N) is 5. The maximum atomic E-state index is 15.3. The van der Waals surface area contributed by atoms with E-state index < -0.39 is 141 Å². The Bertz CT molecular complexity index is 5470. The SMILES string of the molecule is C[C@@H]1SCN(C(=O)c2cc(C3CC3)c(OCC34CC5CC(CC(C5)C3)C4)cc2F)[C@@H]1C(=O)O.N#C[C@H]1C[C@@H](C(=O)O)N(C(=O)c2cc(C3CC3)c(OCC34CC5CC(CC(C5)C3)C4)cc2F)C1.O=C(O)C1CC(F)(F)CN1C(=O)c1cc(C2CC2)c(OCC23CC4CC(CC(C4)C2)C3)cc1F.O=C(O)C1CS(=O)(=O)CN1C(=O)c1cc(C2CC2)c(OCC23CC4CC(CC(C4)C2)C3)cc1F. The van der Waals surface area contributed by atoms with E-state index in [4.69, 9.17) is 18.9 Å². The molecule has 4 aliphatic heterocycles. The fourth-order valence-corrected chi connectivity index (χ4v) is 33.3. The Morgan fingerprint density at radius 3 is 0.948 bits per heavy atom. The number of thioether (sulfide) groups is 1. The molecule has 4 heterocycles. The summed E-state index contributed by atoms with van der Waals surface area (Å²) >= 11 is 1.41. The van der Waals surface area contributed by atoms with Crippen LogP contribution in [0.4, 0.5) is 26.3 Å². The molecule has 31 heteroatoms. The zero-order chi connectivity index (χ0) is 94.2. The van der Waals surface area contributed by atoms with Gasteiger partial charge in [0.05, 0.1) is 78.8 Å². The highest BCUT2D eigenvalue weighted by atomic mass is 32.2. The number of hydrogen-bond acceptors (Lipinski definition) is 16. The number of ether oxygens (including phenoxy) is 4. The monoisotopic (exact) mass is 1910 g/mol. The number of hydrogen-bond donors (Lipinski definition) is 4. The third-order valence-corrected chi connectivity index (χ3v) is 38.2. The van der Waals surface area contributed by atoms with Crippen molar-refractivity contribution in [3.05, 3.63) is 116 Å². The van der Waals surface area contributed by atoms with Crippen LogP contribution < -0.4 is 18.9 Å². The normalized spacial score (nSPS) is 36.0. The lowest BCUT2D eigenvalue weighted by molar-refractivity contribution is -0.142. The van der Waals surface area contributed by atoms with Crippen molar-refractivity contribution >= 4 is 69.1 Å². The Morgan fingerprint density at radius 2 is 0.674 bits per heavy atom. The Kier molecular flexibility index (Phi) is 24.1. The summed E-state index contributed by atoms with van der Waals surface area (Å²) in [5, 5.41) is 46.8. The molecule has 0 radical (unpaired) electrons. The fraction of sp³-hybridized carbons (Fsp3) is 0.683. The second-order valence-corrected chi connectivity index (χ2v) is 49.8. The van der Waals surface area contributed by atoms with Gasteiger partial charge in [0.2, 0.25) is 0 Å². The fourth-order valence-electron chi connectivity index (χ4n) is 30.6. The molecule has 4 amide bonds. The quantitative estimate of drug-likeness (QED) is 0.0474. The van der Waals surface area contributed by atoms with E-state index in [0.717, 1.165) is 174 Å². The van der Waals surface area contributed by atoms with Crippen LogP contribution in [0.15, 0.2) is 48.5 Å². The molecule has 2 unspecified atom stereocenters. The second kappa shape index (κ2) is 35.2. The van der Waals surface area contributed by atoms with Crippen molar-refractivity contribution in [1.29, 1.82) is 5.26 Å². The molecule has 20 saturated carbocycles. The summed E-state index contributed by atoms with van der Waals surface area (Å²) in [7, 11) is -3.73. The lowest BCUT2D eigenvalue weighted by atomic mass is 9.50. The molecular weight excluding hydrogens is 1790 g/mol. The van der Waals surface area contributed by atoms with Gasteiger partial charge in [-0.15, -0.1) is 11.8 Å². The molecule has 0 aromatic heterocycles. The van der Waals surface area contributed by atoms with Crippen LogP contribution in [0.3, 0.4) is 0 Å². The molecule has 20 aliphatic carbocycles. The first-order valence-electron chi connectivity index (χ1n) is 50.0. The summed E-state index contributed by atoms with van der Waals surface area (Å²) in [4.78, 5) is 103. The lowest BCUT2D eigenvalue weighted by Gasteiger charge is -2.56. The Morgan fingerprint density at radius 1 is 0.393 bits per heavy atom. The van der Waals surface area contributed by atoms with Gasteiger partial charge in [-0.3, -0.25) is 19.2 Å². The average Bonchev–Trinajstić information content (AvgIpc) is 1.21. The standard InChI is InChI=1S/C27H31FN2O4.C26H30F3NO4.C26H32FNO4S.C25H30FNO6S/c28-22-8-24(34-14-27-9-15-3-16(10-27)5-17(4-15)11-27)20(19-1-2-19)7-21(22)25(31)30-13-18(12-29)6-23(30)26(32)33;27-20-7-22(34-13-25-8-14-3-15(9-25)5-16(4-14)10-25)18(17-1-2-17)6-19(20)23(31)30-12-26(28,29)11-21(30)24(32)33;1-14-23(25(30)31)28(13-33-14)24(29)20-7-19(18-2-3-18)22(8-21(20)27)32-12-26-9-15-4-16(10-26)6-17(5-15)11-26;26-20-7-22(33-12-25-8-14-3-15(9-25)5-16(4-14)10-25)18(17-1-2-17)6-19(20)23(28)27-13-34(31,32)11-21(27)24(29)30/h7-8,15-19,23H,1-6,9-11,13-14H2,(H,32,33);6-7,14-17,21H,1-5,8-13H2,(H,32,33);7-8,14-18,23H,2-6,9-13H2,1H3,(H,30,31);6-7,14-17,21H,1-5,8-13H2,(H,29,30)/t15?,16?,17?,18-,23+,27?;;14-,15?,16?,17?,23-,26?;/m1.0./s1. The van der Waals surface area contributed by atoms with Crippen LogP contribution in [0.5, 0.6) is 23.0 Å². The summed E-state index contributed by atoms with van der Waals surface area (Å²) in [6.45, 7) is 3.14. The first-order valence-corrected chi connectivity index (χ1v) is 52.8. The number of aliphatic carboxylic acids is 4. The van der Waals surface area contributed by atoms with E-state index in [2.05, 4.69) is 0 Å². The molecule has 6 atom stereocenters. The maximum Gasteiger partial charge on any atom is 0.327 e. The van der Waals surface area contributed by atoms with Crippen LogP contribution in [0.25, 0.3) is 0 Å². The molecule has 726 valence electrons. The number of carbonyl (C=O) groups is 8. The van der Waals surface area contributed by atoms with Gasteiger partial charge >= 0.3 is 23.9 Å². The molecular formula is C104H123F6N5O18S2. The molecule has 16 bridgehead atoms. The van der Waals surface area contributed by atoms with Gasteiger partial charge in [0, 0.05) is 64.1 Å². The summed E-state index contributed by atoms with van der Waals surface area (Å²) in [5.74, 6) is -3.62. The van der Waals surface area contributed by atoms with E-state index in [1.165, 1.54) is 188 Å². The topological polar surface area (TPSA) is 325 Å². The van der Waals surface area contributed by atoms with Crippen molar-refractivity contribution in [3.8, 4) is 29.1 Å². The number of carboxylic acids is 4. The minimum absolute atomic E-state index is 0.00870. The van der Waals surface area contributed by atoms with Gasteiger partial charge in [-0.1, -0.05) is 6.92 Å². The van der Waals surface area contributed by atoms with Gasteiger partial charge in [0.25, 0.3) is 29.6 Å². The van der Waals surface area contributed by atoms with E-state index in [1.54, 1.807) is 19.1 Å². The number of benzene rings is 4. The zero-order valence-corrected chi connectivity index (χ0v) is 78.2. The largest absolute Gasteiger partial charge is 0.493 e. The molecule has 23 nitrogen and oxygen atoms in total. The smallest absolute Gasteiger partial charge is 0.327 e. The lowest BCUT2D eigenvalue weighted by Crippen LogP contribution is -2.48. The maximum absolute atomic E-state index is 15.3. The molecule has 4 aromatic rings. The van der Waals surface area contributed by atoms with Crippen molar-refractivity contribution in [2.75, 3.05) is 57.0 Å². The van der Waals surface area contributed by atoms with Crippen molar-refractivity contribution in [1.82, 2.24) is 19.6 Å². The third kappa shape index (κ3) is 18.8. The van der Waals surface area contributed by atoms with Crippen LogP contribution in [0, 0.1) is 133 Å². The number of rotatable bonds is 24. The van der Waals surface area contributed by atoms with Gasteiger partial charge in [-0.25, -0.2) is 53.9 Å². The summed E-state index contributed by atoms with van der Waals surface area (Å²) < 4.78 is 138. The highest BCUT2D eigenvalue weighted by molar-refractivity contribution is 8.00. The highest BCUT2D eigenvalue weighted by Gasteiger charge is 2.58. The number of halogens is 6. The molecule has 4 N–H and O–H groups in total. The van der Waals surface area contributed by atoms with Crippen molar-refractivity contribution < 1.29 is 112 Å². The Hall–Kier alpha value is -8.79. The summed E-state index contributed by atoms with van der Waals surface area (Å²) in [6, 6.07) is 8.16. The van der Waals surface area contributed by atoms with E-state index in [1.807, 2.05) is 6.07 Å². The molecule has 4 aromatic carbocycles. The van der Waals surface area contributed by atoms with Crippen molar-refractivity contribution in [2.45, 2.75) is 284 Å². The van der Waals surface area contributed by atoms with E-state index in [-0.39, 0.29) is 85.8 Å². The number of likely N-dealkylation sites (tertiary alicyclic amines) is 2. The predicted molar refractivity (Wildman–Crippen MR) is 482 cm³/mol. The van der Waals surface area contributed by atoms with Crippen LogP contribution in [0.1, 0.15) is 313 Å². The number of sulfone groups is 1. The highest BCUT2D eigenvalue weighted by Crippen LogP contribution is 2.66. The summed E-state index contributed by atoms with van der Waals surface area (Å²) in [6.07, 6.45) is 37.3. The number of nitriles is 1. The molecule has 28 rings (SSSR count). The van der Waals surface area contributed by atoms with E-state index in [0.29, 0.717) is 60.2 Å². The van der Waals surface area contributed by atoms with E-state index in [9.17, 15) is 81.2 Å². The summed E-state index contributed by atoms with van der Waals surface area (Å²) in [5.41, 5.74) is 3.24. The van der Waals surface area contributed by atoms with Crippen LogP contribution in [-0.2, 0) is 29.0 Å². The minimum atomic E-state index is -3.73. The van der Waals surface area contributed by atoms with Gasteiger partial charge < -0.3 is 59.0 Å². The number of amides is 4. The van der Waals surface area contributed by atoms with Crippen molar-refractivity contribution in [2.24, 2.45) is 98.6 Å². The van der Waals surface area contributed by atoms with Crippen molar-refractivity contribution in [3.63, 3.8) is 0 Å². The minimum Gasteiger partial charge on any atom is -0.493 e. The molecule has 4 saturated heterocycles. The van der Waals surface area contributed by atoms with Crippen LogP contribution in [-0.4, -0.2) is 188 Å².